The van der Waals surface area contributed by atoms with Crippen LogP contribution in [-0.2, 0) is 16.8 Å². The van der Waals surface area contributed by atoms with E-state index in [0.29, 0.717) is 0 Å². The van der Waals surface area contributed by atoms with Crippen molar-refractivity contribution in [2.45, 2.75) is 82.6 Å². The van der Waals surface area contributed by atoms with Crippen molar-refractivity contribution < 1.29 is 4.74 Å². The molecular weight excluding hydrogens is 252 g/mol. The predicted molar refractivity (Wildman–Crippen MR) is 77.2 cm³/mol. The second kappa shape index (κ2) is 5.11. The summed E-state index contributed by atoms with van der Waals surface area (Å²) in [7, 11) is 0. The maximum atomic E-state index is 6.37. The summed E-state index contributed by atoms with van der Waals surface area (Å²) in [4.78, 5) is 0. The Balaban J connectivity index is 1.60. The van der Waals surface area contributed by atoms with Crippen molar-refractivity contribution in [1.82, 2.24) is 15.0 Å². The molecule has 20 heavy (non-hydrogen) atoms. The molecule has 1 atom stereocenters. The summed E-state index contributed by atoms with van der Waals surface area (Å²) in [5, 5.41) is 8.35. The Morgan fingerprint density at radius 2 is 2.10 bits per heavy atom. The van der Waals surface area contributed by atoms with Gasteiger partial charge in [-0.1, -0.05) is 24.5 Å². The minimum atomic E-state index is -0.431. The van der Waals surface area contributed by atoms with Crippen LogP contribution in [0.4, 0.5) is 0 Å². The van der Waals surface area contributed by atoms with Crippen molar-refractivity contribution >= 4 is 0 Å². The van der Waals surface area contributed by atoms with E-state index in [-0.39, 0.29) is 11.7 Å². The molecule has 1 spiro atoms. The third-order valence-corrected chi connectivity index (χ3v) is 4.69. The van der Waals surface area contributed by atoms with Crippen molar-refractivity contribution in [3.8, 4) is 0 Å². The molecular formula is C15H26N4O. The zero-order valence-corrected chi connectivity index (χ0v) is 12.6. The molecule has 1 aromatic heterocycles. The van der Waals surface area contributed by atoms with Crippen LogP contribution >= 0.6 is 0 Å². The average Bonchev–Trinajstić information content (AvgIpc) is 2.99. The fraction of sp³-hybridized carbons (Fsp3) is 0.867. The number of ether oxygens (including phenoxy) is 1. The smallest absolute Gasteiger partial charge is 0.102 e. The Morgan fingerprint density at radius 1 is 1.35 bits per heavy atom. The fourth-order valence-electron chi connectivity index (χ4n) is 3.48. The summed E-state index contributed by atoms with van der Waals surface area (Å²) in [5.74, 6) is 0. The minimum absolute atomic E-state index is 0.180. The fourth-order valence-corrected chi connectivity index (χ4v) is 3.48. The largest absolute Gasteiger partial charge is 0.370 e. The van der Waals surface area contributed by atoms with Crippen molar-refractivity contribution in [2.24, 2.45) is 5.73 Å². The first-order valence-electron chi connectivity index (χ1n) is 7.84. The molecule has 3 rings (SSSR count). The van der Waals surface area contributed by atoms with Gasteiger partial charge in [-0.2, -0.15) is 0 Å². The van der Waals surface area contributed by atoms with Crippen molar-refractivity contribution in [2.75, 3.05) is 0 Å². The standard InChI is InChI=1S/C15H26N4O/c1-14(2,16)13-11-19(18-17-13)10-12-6-9-15(20-12)7-4-3-5-8-15/h11-12H,3-10,16H2,1-2H3. The van der Waals surface area contributed by atoms with Gasteiger partial charge in [0.15, 0.2) is 0 Å². The molecule has 2 aliphatic rings. The average molecular weight is 278 g/mol. The lowest BCUT2D eigenvalue weighted by molar-refractivity contribution is -0.0689. The van der Waals surface area contributed by atoms with Gasteiger partial charge in [-0.25, -0.2) is 4.68 Å². The summed E-state index contributed by atoms with van der Waals surface area (Å²) in [6.07, 6.45) is 11.1. The predicted octanol–water partition coefficient (Wildman–Crippen LogP) is 2.35. The van der Waals surface area contributed by atoms with Crippen LogP contribution in [0.1, 0.15) is 64.5 Å². The highest BCUT2D eigenvalue weighted by molar-refractivity contribution is 5.05. The van der Waals surface area contributed by atoms with E-state index in [4.69, 9.17) is 10.5 Å². The van der Waals surface area contributed by atoms with E-state index in [0.717, 1.165) is 18.7 Å². The molecule has 2 heterocycles. The summed E-state index contributed by atoms with van der Waals surface area (Å²) in [5.41, 5.74) is 6.63. The highest BCUT2D eigenvalue weighted by atomic mass is 16.5. The highest BCUT2D eigenvalue weighted by Crippen LogP contribution is 2.42. The number of rotatable bonds is 3. The zero-order chi connectivity index (χ0) is 14.2. The highest BCUT2D eigenvalue weighted by Gasteiger charge is 2.40. The van der Waals surface area contributed by atoms with Gasteiger partial charge < -0.3 is 10.5 Å². The molecule has 1 aliphatic heterocycles. The van der Waals surface area contributed by atoms with Gasteiger partial charge in [0.25, 0.3) is 0 Å². The van der Waals surface area contributed by atoms with E-state index < -0.39 is 5.54 Å². The number of nitrogens with zero attached hydrogens (tertiary/aromatic N) is 3. The third-order valence-electron chi connectivity index (χ3n) is 4.69. The van der Waals surface area contributed by atoms with Gasteiger partial charge in [0.1, 0.15) is 5.69 Å². The van der Waals surface area contributed by atoms with Crippen molar-refractivity contribution in [3.05, 3.63) is 11.9 Å². The zero-order valence-electron chi connectivity index (χ0n) is 12.6. The van der Waals surface area contributed by atoms with Gasteiger partial charge in [-0.15, -0.1) is 5.10 Å². The second-order valence-electron chi connectivity index (χ2n) is 7.07. The van der Waals surface area contributed by atoms with Gasteiger partial charge >= 0.3 is 0 Å². The lowest BCUT2D eigenvalue weighted by atomic mass is 9.83. The molecule has 2 N–H and O–H groups in total. The first kappa shape index (κ1) is 14.0. The molecule has 1 unspecified atom stereocenters. The molecule has 0 radical (unpaired) electrons. The molecule has 0 amide bonds. The van der Waals surface area contributed by atoms with Crippen LogP contribution in [0.5, 0.6) is 0 Å². The van der Waals surface area contributed by atoms with E-state index >= 15 is 0 Å². The van der Waals surface area contributed by atoms with Crippen LogP contribution in [0.2, 0.25) is 0 Å². The first-order chi connectivity index (χ1) is 9.47. The molecule has 112 valence electrons. The van der Waals surface area contributed by atoms with Gasteiger partial charge in [-0.05, 0) is 39.5 Å². The lowest BCUT2D eigenvalue weighted by Crippen LogP contribution is -2.32. The Morgan fingerprint density at radius 3 is 2.75 bits per heavy atom. The quantitative estimate of drug-likeness (QED) is 0.921. The normalized spacial score (nSPS) is 26.2. The van der Waals surface area contributed by atoms with Crippen LogP contribution in [0.25, 0.3) is 0 Å². The van der Waals surface area contributed by atoms with Gasteiger partial charge in [-0.3, -0.25) is 0 Å². The Kier molecular flexibility index (Phi) is 3.58. The Labute approximate surface area is 120 Å². The molecule has 0 bridgehead atoms. The van der Waals surface area contributed by atoms with Gasteiger partial charge in [0.2, 0.25) is 0 Å². The van der Waals surface area contributed by atoms with Crippen LogP contribution in [0.3, 0.4) is 0 Å². The summed E-state index contributed by atoms with van der Waals surface area (Å²) < 4.78 is 8.25. The SMILES string of the molecule is CC(C)(N)c1cn(CC2CCC3(CCCCC3)O2)nn1. The van der Waals surface area contributed by atoms with Gasteiger partial charge in [0.05, 0.1) is 30.0 Å². The van der Waals surface area contributed by atoms with E-state index in [1.165, 1.54) is 38.5 Å². The van der Waals surface area contributed by atoms with Crippen LogP contribution < -0.4 is 5.73 Å². The maximum absolute atomic E-state index is 6.37. The van der Waals surface area contributed by atoms with Crippen molar-refractivity contribution in [3.63, 3.8) is 0 Å². The van der Waals surface area contributed by atoms with Gasteiger partial charge in [0, 0.05) is 0 Å². The molecule has 1 aromatic rings. The van der Waals surface area contributed by atoms with Crippen LogP contribution in [-0.4, -0.2) is 26.7 Å². The minimum Gasteiger partial charge on any atom is -0.370 e. The topological polar surface area (TPSA) is 66.0 Å². The van der Waals surface area contributed by atoms with Crippen LogP contribution in [0, 0.1) is 0 Å². The lowest BCUT2D eigenvalue weighted by Gasteiger charge is -2.33. The Hall–Kier alpha value is -0.940. The molecule has 2 fully saturated rings. The Bertz CT molecular complexity index is 457. The number of nitrogens with two attached hydrogens (primary N) is 1. The maximum Gasteiger partial charge on any atom is 0.102 e. The number of aromatic nitrogens is 3. The van der Waals surface area contributed by atoms with E-state index in [2.05, 4.69) is 10.3 Å². The summed E-state index contributed by atoms with van der Waals surface area (Å²) in [6, 6.07) is 0. The van der Waals surface area contributed by atoms with Crippen LogP contribution in [0.15, 0.2) is 6.20 Å². The molecule has 1 aliphatic carbocycles. The molecule has 1 saturated heterocycles. The molecule has 0 aromatic carbocycles. The molecule has 1 saturated carbocycles. The third kappa shape index (κ3) is 2.88. The van der Waals surface area contributed by atoms with E-state index in [1.807, 2.05) is 24.7 Å². The van der Waals surface area contributed by atoms with E-state index in [9.17, 15) is 0 Å². The summed E-state index contributed by atoms with van der Waals surface area (Å²) in [6.45, 7) is 4.69. The first-order valence-corrected chi connectivity index (χ1v) is 7.84. The number of hydrogen-bond donors (Lipinski definition) is 1. The number of hydrogen-bond acceptors (Lipinski definition) is 4. The second-order valence-corrected chi connectivity index (χ2v) is 7.07. The summed E-state index contributed by atoms with van der Waals surface area (Å²) >= 11 is 0. The van der Waals surface area contributed by atoms with Crippen molar-refractivity contribution in [1.29, 1.82) is 0 Å². The van der Waals surface area contributed by atoms with E-state index in [1.54, 1.807) is 0 Å². The molecule has 5 nitrogen and oxygen atoms in total. The molecule has 5 heteroatoms. The monoisotopic (exact) mass is 278 g/mol.